The normalized spacial score (nSPS) is 15.4. The molecule has 1 aliphatic rings. The maximum Gasteiger partial charge on any atom is 0.227 e. The Morgan fingerprint density at radius 1 is 1.11 bits per heavy atom. The summed E-state index contributed by atoms with van der Waals surface area (Å²) in [6, 6.07) is 13.3. The van der Waals surface area contributed by atoms with Crippen molar-refractivity contribution in [1.29, 1.82) is 0 Å². The Kier molecular flexibility index (Phi) is 6.58. The molecule has 1 aliphatic heterocycles. The van der Waals surface area contributed by atoms with Crippen LogP contribution in [0.1, 0.15) is 18.4 Å². The van der Waals surface area contributed by atoms with E-state index in [0.717, 1.165) is 48.7 Å². The molecule has 0 unspecified atom stereocenters. The number of halogens is 1. The number of nitrogens with one attached hydrogen (secondary N) is 1. The van der Waals surface area contributed by atoms with Crippen molar-refractivity contribution < 1.29 is 14.3 Å². The molecule has 1 fully saturated rings. The van der Waals surface area contributed by atoms with E-state index in [1.807, 2.05) is 24.3 Å². The second kappa shape index (κ2) is 9.11. The van der Waals surface area contributed by atoms with E-state index in [0.29, 0.717) is 11.5 Å². The summed E-state index contributed by atoms with van der Waals surface area (Å²) in [4.78, 5) is 15.0. The van der Waals surface area contributed by atoms with Crippen molar-refractivity contribution in [3.63, 3.8) is 0 Å². The first kappa shape index (κ1) is 19.5. The zero-order chi connectivity index (χ0) is 19.2. The van der Waals surface area contributed by atoms with Gasteiger partial charge in [0.2, 0.25) is 5.91 Å². The number of anilines is 1. The Balaban J connectivity index is 1.53. The molecule has 2 aromatic rings. The molecule has 27 heavy (non-hydrogen) atoms. The molecule has 0 saturated carbocycles. The van der Waals surface area contributed by atoms with Crippen LogP contribution in [0.15, 0.2) is 42.5 Å². The third-order valence-electron chi connectivity index (χ3n) is 4.96. The summed E-state index contributed by atoms with van der Waals surface area (Å²) in [5.74, 6) is 1.31. The van der Waals surface area contributed by atoms with Gasteiger partial charge in [-0.05, 0) is 49.7 Å². The van der Waals surface area contributed by atoms with Gasteiger partial charge in [0.15, 0.2) is 11.5 Å². The average molecular weight is 389 g/mol. The lowest BCUT2D eigenvalue weighted by atomic mass is 9.95. The predicted octanol–water partition coefficient (Wildman–Crippen LogP) is 4.21. The summed E-state index contributed by atoms with van der Waals surface area (Å²) < 4.78 is 10.5. The molecule has 0 spiro atoms. The van der Waals surface area contributed by atoms with Crippen molar-refractivity contribution in [1.82, 2.24) is 4.90 Å². The minimum Gasteiger partial charge on any atom is -0.493 e. The topological polar surface area (TPSA) is 50.8 Å². The lowest BCUT2D eigenvalue weighted by molar-refractivity contribution is -0.121. The number of methoxy groups -OCH3 is 2. The number of benzene rings is 2. The van der Waals surface area contributed by atoms with Crippen LogP contribution in [0.25, 0.3) is 0 Å². The van der Waals surface area contributed by atoms with Crippen LogP contribution < -0.4 is 14.8 Å². The number of ether oxygens (including phenoxy) is 2. The fourth-order valence-corrected chi connectivity index (χ4v) is 3.57. The van der Waals surface area contributed by atoms with E-state index in [-0.39, 0.29) is 11.8 Å². The molecule has 3 rings (SSSR count). The number of rotatable bonds is 6. The lowest BCUT2D eigenvalue weighted by Crippen LogP contribution is -2.37. The number of nitrogens with zero attached hydrogens (tertiary/aromatic N) is 1. The maximum absolute atomic E-state index is 12.6. The number of amides is 1. The van der Waals surface area contributed by atoms with Gasteiger partial charge in [-0.3, -0.25) is 9.69 Å². The van der Waals surface area contributed by atoms with Crippen LogP contribution in [0.5, 0.6) is 11.5 Å². The van der Waals surface area contributed by atoms with Crippen LogP contribution in [0.2, 0.25) is 5.02 Å². The summed E-state index contributed by atoms with van der Waals surface area (Å²) in [6.45, 7) is 2.59. The number of carbonyl (C=O) groups excluding carboxylic acids is 1. The molecule has 1 amide bonds. The van der Waals surface area contributed by atoms with Gasteiger partial charge in [0, 0.05) is 29.2 Å². The zero-order valence-corrected chi connectivity index (χ0v) is 16.5. The molecule has 0 radical (unpaired) electrons. The second-order valence-electron chi connectivity index (χ2n) is 6.70. The maximum atomic E-state index is 12.6. The van der Waals surface area contributed by atoms with Gasteiger partial charge in [-0.25, -0.2) is 0 Å². The molecule has 0 aliphatic carbocycles. The highest BCUT2D eigenvalue weighted by molar-refractivity contribution is 6.31. The highest BCUT2D eigenvalue weighted by atomic mass is 35.5. The highest BCUT2D eigenvalue weighted by Crippen LogP contribution is 2.30. The Morgan fingerprint density at radius 2 is 1.81 bits per heavy atom. The van der Waals surface area contributed by atoms with E-state index in [1.165, 1.54) is 0 Å². The number of hydrogen-bond acceptors (Lipinski definition) is 4. The van der Waals surface area contributed by atoms with Gasteiger partial charge in [0.1, 0.15) is 0 Å². The lowest BCUT2D eigenvalue weighted by Gasteiger charge is -2.31. The van der Waals surface area contributed by atoms with Crippen LogP contribution in [-0.2, 0) is 11.3 Å². The van der Waals surface area contributed by atoms with Crippen molar-refractivity contribution in [2.45, 2.75) is 19.4 Å². The summed E-state index contributed by atoms with van der Waals surface area (Å²) >= 11 is 6.25. The van der Waals surface area contributed by atoms with E-state index in [9.17, 15) is 4.79 Å². The number of likely N-dealkylation sites (tertiary alicyclic amines) is 1. The molecule has 0 atom stereocenters. The molecule has 1 N–H and O–H groups in total. The predicted molar refractivity (Wildman–Crippen MR) is 108 cm³/mol. The molecule has 2 aromatic carbocycles. The Hall–Kier alpha value is -2.24. The average Bonchev–Trinajstić information content (AvgIpc) is 2.70. The number of piperidine rings is 1. The first-order valence-electron chi connectivity index (χ1n) is 9.09. The van der Waals surface area contributed by atoms with Gasteiger partial charge < -0.3 is 14.8 Å². The number of carbonyl (C=O) groups is 1. The standard InChI is InChI=1S/C21H25ClN2O3/c1-26-19-8-7-17(13-20(19)27-2)23-21(25)15-9-11-24(12-10-15)14-16-5-3-4-6-18(16)22/h3-8,13,15H,9-12,14H2,1-2H3,(H,23,25). The summed E-state index contributed by atoms with van der Waals surface area (Å²) in [5.41, 5.74) is 1.85. The fourth-order valence-electron chi connectivity index (χ4n) is 3.38. The number of hydrogen-bond donors (Lipinski definition) is 1. The van der Waals surface area contributed by atoms with Crippen molar-refractivity contribution in [3.8, 4) is 11.5 Å². The van der Waals surface area contributed by atoms with Crippen molar-refractivity contribution in [2.24, 2.45) is 5.92 Å². The first-order chi connectivity index (χ1) is 13.1. The van der Waals surface area contributed by atoms with Gasteiger partial charge in [-0.2, -0.15) is 0 Å². The first-order valence-corrected chi connectivity index (χ1v) is 9.47. The van der Waals surface area contributed by atoms with E-state index in [4.69, 9.17) is 21.1 Å². The van der Waals surface area contributed by atoms with E-state index in [2.05, 4.69) is 16.3 Å². The van der Waals surface area contributed by atoms with Crippen LogP contribution in [-0.4, -0.2) is 38.1 Å². The summed E-state index contributed by atoms with van der Waals surface area (Å²) in [5, 5.41) is 3.79. The SMILES string of the molecule is COc1ccc(NC(=O)C2CCN(Cc3ccccc3Cl)CC2)cc1OC. The van der Waals surface area contributed by atoms with E-state index < -0.39 is 0 Å². The highest BCUT2D eigenvalue weighted by Gasteiger charge is 2.25. The third-order valence-corrected chi connectivity index (χ3v) is 5.33. The van der Waals surface area contributed by atoms with Gasteiger partial charge in [-0.1, -0.05) is 29.8 Å². The molecular weight excluding hydrogens is 364 g/mol. The Morgan fingerprint density at radius 3 is 2.48 bits per heavy atom. The molecule has 1 saturated heterocycles. The Labute approximate surface area is 165 Å². The minimum atomic E-state index is 0.0144. The summed E-state index contributed by atoms with van der Waals surface area (Å²) in [7, 11) is 3.17. The molecule has 1 heterocycles. The van der Waals surface area contributed by atoms with Crippen LogP contribution in [0.4, 0.5) is 5.69 Å². The largest absolute Gasteiger partial charge is 0.493 e. The molecule has 0 aromatic heterocycles. The molecule has 6 heteroatoms. The van der Waals surface area contributed by atoms with Gasteiger partial charge in [0.05, 0.1) is 14.2 Å². The van der Waals surface area contributed by atoms with E-state index in [1.54, 1.807) is 26.4 Å². The van der Waals surface area contributed by atoms with Crippen molar-refractivity contribution in [2.75, 3.05) is 32.6 Å². The molecule has 0 bridgehead atoms. The van der Waals surface area contributed by atoms with E-state index >= 15 is 0 Å². The fraction of sp³-hybridized carbons (Fsp3) is 0.381. The van der Waals surface area contributed by atoms with Crippen LogP contribution in [0.3, 0.4) is 0 Å². The van der Waals surface area contributed by atoms with Gasteiger partial charge in [-0.15, -0.1) is 0 Å². The van der Waals surface area contributed by atoms with Gasteiger partial charge >= 0.3 is 0 Å². The molecule has 144 valence electrons. The molecular formula is C21H25ClN2O3. The van der Waals surface area contributed by atoms with Crippen molar-refractivity contribution in [3.05, 3.63) is 53.1 Å². The van der Waals surface area contributed by atoms with Crippen molar-refractivity contribution >= 4 is 23.2 Å². The Bertz CT molecular complexity index is 789. The third kappa shape index (κ3) is 4.93. The van der Waals surface area contributed by atoms with Crippen LogP contribution >= 0.6 is 11.6 Å². The minimum absolute atomic E-state index is 0.0144. The smallest absolute Gasteiger partial charge is 0.227 e. The molecule has 5 nitrogen and oxygen atoms in total. The zero-order valence-electron chi connectivity index (χ0n) is 15.7. The summed E-state index contributed by atoms with van der Waals surface area (Å²) in [6.07, 6.45) is 1.67. The van der Waals surface area contributed by atoms with Crippen LogP contribution in [0, 0.1) is 5.92 Å². The monoisotopic (exact) mass is 388 g/mol. The quantitative estimate of drug-likeness (QED) is 0.805. The van der Waals surface area contributed by atoms with Gasteiger partial charge in [0.25, 0.3) is 0 Å². The second-order valence-corrected chi connectivity index (χ2v) is 7.11.